The number of benzene rings is 1. The maximum atomic E-state index is 12.1. The zero-order valence-electron chi connectivity index (χ0n) is 11.1. The summed E-state index contributed by atoms with van der Waals surface area (Å²) in [5.74, 6) is 0.640. The summed E-state index contributed by atoms with van der Waals surface area (Å²) < 4.78 is 0. The largest absolute Gasteiger partial charge is 0.390 e. The number of nitrogens with one attached hydrogen (secondary N) is 1. The van der Waals surface area contributed by atoms with Gasteiger partial charge in [0, 0.05) is 12.8 Å². The Morgan fingerprint density at radius 3 is 2.79 bits per heavy atom. The van der Waals surface area contributed by atoms with Crippen molar-refractivity contribution in [2.45, 2.75) is 50.7 Å². The predicted octanol–water partition coefficient (Wildman–Crippen LogP) is 2.34. The Labute approximate surface area is 114 Å². The molecular formula is C16H21NO2. The van der Waals surface area contributed by atoms with Crippen molar-refractivity contribution in [2.24, 2.45) is 5.92 Å². The van der Waals surface area contributed by atoms with Gasteiger partial charge in [0.15, 0.2) is 0 Å². The van der Waals surface area contributed by atoms with E-state index < -0.39 is 6.10 Å². The highest BCUT2D eigenvalue weighted by Crippen LogP contribution is 2.32. The normalized spacial score (nSPS) is 26.4. The molecule has 102 valence electrons. The third-order valence-corrected chi connectivity index (χ3v) is 4.47. The average Bonchev–Trinajstić information content (AvgIpc) is 2.99. The smallest absolute Gasteiger partial charge is 0.220 e. The van der Waals surface area contributed by atoms with Gasteiger partial charge in [-0.1, -0.05) is 37.1 Å². The molecule has 3 nitrogen and oxygen atoms in total. The van der Waals surface area contributed by atoms with E-state index in [-0.39, 0.29) is 11.9 Å². The molecule has 3 rings (SSSR count). The van der Waals surface area contributed by atoms with E-state index in [4.69, 9.17) is 0 Å². The zero-order valence-corrected chi connectivity index (χ0v) is 11.1. The van der Waals surface area contributed by atoms with E-state index in [1.807, 2.05) is 24.3 Å². The summed E-state index contributed by atoms with van der Waals surface area (Å²) in [5.41, 5.74) is 2.23. The van der Waals surface area contributed by atoms with E-state index in [0.29, 0.717) is 18.8 Å². The summed E-state index contributed by atoms with van der Waals surface area (Å²) in [7, 11) is 0. The lowest BCUT2D eigenvalue weighted by Crippen LogP contribution is -2.34. The highest BCUT2D eigenvalue weighted by Gasteiger charge is 2.32. The number of carbonyl (C=O) groups is 1. The molecule has 0 spiro atoms. The number of hydrogen-bond donors (Lipinski definition) is 2. The first-order valence-electron chi connectivity index (χ1n) is 7.29. The number of rotatable bonds is 3. The van der Waals surface area contributed by atoms with Crippen LogP contribution in [-0.2, 0) is 11.2 Å². The number of amides is 1. The Morgan fingerprint density at radius 1 is 1.26 bits per heavy atom. The van der Waals surface area contributed by atoms with Gasteiger partial charge in [-0.2, -0.15) is 0 Å². The summed E-state index contributed by atoms with van der Waals surface area (Å²) in [6.45, 7) is 0. The van der Waals surface area contributed by atoms with Crippen molar-refractivity contribution in [3.8, 4) is 0 Å². The minimum atomic E-state index is -0.482. The molecule has 0 bridgehead atoms. The summed E-state index contributed by atoms with van der Waals surface area (Å²) in [6, 6.07) is 7.76. The SMILES string of the molecule is O=C(CC1CCCC1)N[C@@H]1c2ccccc2C[C@@H]1O. The standard InChI is InChI=1S/C16H21NO2/c18-14-10-12-7-3-4-8-13(12)16(14)17-15(19)9-11-5-1-2-6-11/h3-4,7-8,11,14,16,18H,1-2,5-6,9-10H2,(H,17,19)/t14-,16+/m0/s1. The van der Waals surface area contributed by atoms with Crippen LogP contribution < -0.4 is 5.32 Å². The highest BCUT2D eigenvalue weighted by molar-refractivity contribution is 5.77. The molecule has 0 radical (unpaired) electrons. The van der Waals surface area contributed by atoms with Crippen molar-refractivity contribution in [3.63, 3.8) is 0 Å². The van der Waals surface area contributed by atoms with Gasteiger partial charge in [-0.25, -0.2) is 0 Å². The summed E-state index contributed by atoms with van der Waals surface area (Å²) in [4.78, 5) is 12.1. The molecule has 3 heteroatoms. The van der Waals surface area contributed by atoms with Crippen molar-refractivity contribution in [3.05, 3.63) is 35.4 Å². The maximum absolute atomic E-state index is 12.1. The van der Waals surface area contributed by atoms with Crippen LogP contribution in [0.25, 0.3) is 0 Å². The molecule has 1 fully saturated rings. The van der Waals surface area contributed by atoms with Crippen LogP contribution in [-0.4, -0.2) is 17.1 Å². The second kappa shape index (κ2) is 5.33. The van der Waals surface area contributed by atoms with Crippen molar-refractivity contribution in [2.75, 3.05) is 0 Å². The van der Waals surface area contributed by atoms with Crippen LogP contribution in [0.4, 0.5) is 0 Å². The van der Waals surface area contributed by atoms with Gasteiger partial charge in [0.1, 0.15) is 0 Å². The van der Waals surface area contributed by atoms with Crippen molar-refractivity contribution >= 4 is 5.91 Å². The summed E-state index contributed by atoms with van der Waals surface area (Å²) in [6.07, 6.45) is 5.65. The molecule has 2 atom stereocenters. The second-order valence-electron chi connectivity index (χ2n) is 5.87. The van der Waals surface area contributed by atoms with Crippen molar-refractivity contribution in [1.29, 1.82) is 0 Å². The van der Waals surface area contributed by atoms with E-state index in [2.05, 4.69) is 5.32 Å². The van der Waals surface area contributed by atoms with Crippen LogP contribution in [0.2, 0.25) is 0 Å². The molecule has 0 unspecified atom stereocenters. The fraction of sp³-hybridized carbons (Fsp3) is 0.562. The van der Waals surface area contributed by atoms with Crippen molar-refractivity contribution < 1.29 is 9.90 Å². The second-order valence-corrected chi connectivity index (χ2v) is 5.87. The summed E-state index contributed by atoms with van der Waals surface area (Å²) >= 11 is 0. The van der Waals surface area contributed by atoms with Crippen LogP contribution >= 0.6 is 0 Å². The zero-order chi connectivity index (χ0) is 13.2. The minimum absolute atomic E-state index is 0.0904. The van der Waals surface area contributed by atoms with Crippen LogP contribution in [0, 0.1) is 5.92 Å². The molecule has 1 saturated carbocycles. The fourth-order valence-corrected chi connectivity index (χ4v) is 3.46. The molecule has 0 saturated heterocycles. The topological polar surface area (TPSA) is 49.3 Å². The third-order valence-electron chi connectivity index (χ3n) is 4.47. The Hall–Kier alpha value is -1.35. The van der Waals surface area contributed by atoms with E-state index in [1.165, 1.54) is 25.7 Å². The fourth-order valence-electron chi connectivity index (χ4n) is 3.46. The molecule has 0 heterocycles. The van der Waals surface area contributed by atoms with Crippen LogP contribution in [0.15, 0.2) is 24.3 Å². The Kier molecular flexibility index (Phi) is 3.56. The number of aliphatic hydroxyl groups is 1. The van der Waals surface area contributed by atoms with E-state index in [9.17, 15) is 9.90 Å². The van der Waals surface area contributed by atoms with Gasteiger partial charge in [-0.15, -0.1) is 0 Å². The Balaban J connectivity index is 1.64. The lowest BCUT2D eigenvalue weighted by Gasteiger charge is -2.19. The molecular weight excluding hydrogens is 238 g/mol. The first-order chi connectivity index (χ1) is 9.24. The van der Waals surface area contributed by atoms with E-state index in [1.54, 1.807) is 0 Å². The lowest BCUT2D eigenvalue weighted by molar-refractivity contribution is -0.123. The first kappa shape index (κ1) is 12.7. The van der Waals surface area contributed by atoms with Crippen molar-refractivity contribution in [1.82, 2.24) is 5.32 Å². The number of aliphatic hydroxyl groups excluding tert-OH is 1. The van der Waals surface area contributed by atoms with Gasteiger partial charge in [0.2, 0.25) is 5.91 Å². The minimum Gasteiger partial charge on any atom is -0.390 e. The monoisotopic (exact) mass is 259 g/mol. The van der Waals surface area contributed by atoms with E-state index in [0.717, 1.165) is 11.1 Å². The number of carbonyl (C=O) groups excluding carboxylic acids is 1. The Bertz CT molecular complexity index is 466. The quantitative estimate of drug-likeness (QED) is 0.875. The van der Waals surface area contributed by atoms with Gasteiger partial charge < -0.3 is 10.4 Å². The Morgan fingerprint density at radius 2 is 2.00 bits per heavy atom. The maximum Gasteiger partial charge on any atom is 0.220 e. The molecule has 1 aromatic carbocycles. The first-order valence-corrected chi connectivity index (χ1v) is 7.29. The van der Waals surface area contributed by atoms with Gasteiger partial charge in [0.25, 0.3) is 0 Å². The van der Waals surface area contributed by atoms with Crippen LogP contribution in [0.5, 0.6) is 0 Å². The number of fused-ring (bicyclic) bond motifs is 1. The van der Waals surface area contributed by atoms with E-state index >= 15 is 0 Å². The molecule has 1 amide bonds. The molecule has 1 aromatic rings. The molecule has 0 aromatic heterocycles. The van der Waals surface area contributed by atoms with Crippen LogP contribution in [0.3, 0.4) is 0 Å². The number of hydrogen-bond acceptors (Lipinski definition) is 2. The average molecular weight is 259 g/mol. The molecule has 2 aliphatic carbocycles. The molecule has 2 aliphatic rings. The summed E-state index contributed by atoms with van der Waals surface area (Å²) in [5, 5.41) is 13.1. The van der Waals surface area contributed by atoms with Gasteiger partial charge in [-0.3, -0.25) is 4.79 Å². The van der Waals surface area contributed by atoms with Gasteiger partial charge >= 0.3 is 0 Å². The third kappa shape index (κ3) is 2.66. The molecule has 19 heavy (non-hydrogen) atoms. The van der Waals surface area contributed by atoms with Gasteiger partial charge in [0.05, 0.1) is 12.1 Å². The van der Waals surface area contributed by atoms with Crippen LogP contribution in [0.1, 0.15) is 49.3 Å². The van der Waals surface area contributed by atoms with Gasteiger partial charge in [-0.05, 0) is 29.9 Å². The molecule has 0 aliphatic heterocycles. The lowest BCUT2D eigenvalue weighted by atomic mass is 10.0. The molecule has 2 N–H and O–H groups in total. The highest BCUT2D eigenvalue weighted by atomic mass is 16.3. The predicted molar refractivity (Wildman–Crippen MR) is 73.6 cm³/mol.